The number of rotatable bonds is 3. The number of hydrogen-bond acceptors (Lipinski definition) is 4. The molecule has 0 atom stereocenters. The van der Waals surface area contributed by atoms with Gasteiger partial charge in [0.05, 0.1) is 16.2 Å². The number of anilines is 1. The molecule has 0 aliphatic carbocycles. The maximum atomic E-state index is 5.43. The standard InChI is InChI=1S/C15H12BrN3O2/c16-11-4-9(5-14-15(11)21-8-20-14)6-17-12-2-1-3-13-10(12)7-18-19-13/h1-5,7,17H,6,8H2,(H,18,19). The first-order chi connectivity index (χ1) is 10.3. The van der Waals surface area contributed by atoms with Crippen LogP contribution < -0.4 is 14.8 Å². The third-order valence-electron chi connectivity index (χ3n) is 3.45. The van der Waals surface area contributed by atoms with Crippen molar-refractivity contribution in [3.63, 3.8) is 0 Å². The molecule has 0 fully saturated rings. The molecule has 106 valence electrons. The number of aromatic amines is 1. The van der Waals surface area contributed by atoms with Gasteiger partial charge in [-0.15, -0.1) is 0 Å². The SMILES string of the molecule is Brc1cc(CNc2cccc3[nH]ncc23)cc2c1OCO2. The van der Waals surface area contributed by atoms with Gasteiger partial charge in [0.15, 0.2) is 11.5 Å². The molecule has 0 radical (unpaired) electrons. The Labute approximate surface area is 129 Å². The smallest absolute Gasteiger partial charge is 0.231 e. The van der Waals surface area contributed by atoms with Gasteiger partial charge in [0, 0.05) is 17.6 Å². The number of nitrogens with zero attached hydrogens (tertiary/aromatic N) is 1. The van der Waals surface area contributed by atoms with Crippen LogP contribution in [0.3, 0.4) is 0 Å². The van der Waals surface area contributed by atoms with Gasteiger partial charge in [-0.1, -0.05) is 6.07 Å². The minimum atomic E-state index is 0.277. The third-order valence-corrected chi connectivity index (χ3v) is 4.04. The Hall–Kier alpha value is -2.21. The summed E-state index contributed by atoms with van der Waals surface area (Å²) in [6.45, 7) is 0.971. The molecule has 1 aliphatic rings. The average Bonchev–Trinajstić information content (AvgIpc) is 3.13. The molecule has 2 N–H and O–H groups in total. The molecule has 1 aliphatic heterocycles. The van der Waals surface area contributed by atoms with Crippen molar-refractivity contribution in [2.24, 2.45) is 0 Å². The van der Waals surface area contributed by atoms with Gasteiger partial charge in [0.25, 0.3) is 0 Å². The molecule has 0 unspecified atom stereocenters. The topological polar surface area (TPSA) is 59.2 Å². The second kappa shape index (κ2) is 4.96. The van der Waals surface area contributed by atoms with Crippen LogP contribution in [0.4, 0.5) is 5.69 Å². The molecule has 0 bridgehead atoms. The van der Waals surface area contributed by atoms with Gasteiger partial charge >= 0.3 is 0 Å². The van der Waals surface area contributed by atoms with Crippen LogP contribution in [0.2, 0.25) is 0 Å². The maximum absolute atomic E-state index is 5.43. The van der Waals surface area contributed by atoms with Crippen molar-refractivity contribution in [2.45, 2.75) is 6.54 Å². The highest BCUT2D eigenvalue weighted by Gasteiger charge is 2.17. The van der Waals surface area contributed by atoms with E-state index in [1.807, 2.05) is 36.5 Å². The van der Waals surface area contributed by atoms with E-state index in [-0.39, 0.29) is 6.79 Å². The number of H-pyrrole nitrogens is 1. The summed E-state index contributed by atoms with van der Waals surface area (Å²) in [5.74, 6) is 1.55. The lowest BCUT2D eigenvalue weighted by molar-refractivity contribution is 0.173. The molecule has 2 aromatic carbocycles. The van der Waals surface area contributed by atoms with E-state index >= 15 is 0 Å². The fraction of sp³-hybridized carbons (Fsp3) is 0.133. The molecule has 0 spiro atoms. The minimum absolute atomic E-state index is 0.277. The van der Waals surface area contributed by atoms with E-state index in [9.17, 15) is 0 Å². The molecule has 6 heteroatoms. The Balaban J connectivity index is 1.60. The highest BCUT2D eigenvalue weighted by molar-refractivity contribution is 9.10. The van der Waals surface area contributed by atoms with Crippen molar-refractivity contribution in [2.75, 3.05) is 12.1 Å². The summed E-state index contributed by atoms with van der Waals surface area (Å²) in [7, 11) is 0. The zero-order valence-electron chi connectivity index (χ0n) is 11.0. The van der Waals surface area contributed by atoms with Crippen LogP contribution in [-0.4, -0.2) is 17.0 Å². The van der Waals surface area contributed by atoms with Gasteiger partial charge in [-0.05, 0) is 45.8 Å². The largest absolute Gasteiger partial charge is 0.454 e. The van der Waals surface area contributed by atoms with Gasteiger partial charge < -0.3 is 14.8 Å². The van der Waals surface area contributed by atoms with E-state index in [2.05, 4.69) is 31.4 Å². The Kier molecular flexibility index (Phi) is 2.96. The van der Waals surface area contributed by atoms with E-state index in [4.69, 9.17) is 9.47 Å². The summed E-state index contributed by atoms with van der Waals surface area (Å²) >= 11 is 3.51. The van der Waals surface area contributed by atoms with Gasteiger partial charge in [-0.2, -0.15) is 5.10 Å². The number of fused-ring (bicyclic) bond motifs is 2. The summed E-state index contributed by atoms with van der Waals surface area (Å²) in [6.07, 6.45) is 1.83. The lowest BCUT2D eigenvalue weighted by Gasteiger charge is -2.09. The molecule has 1 aromatic heterocycles. The van der Waals surface area contributed by atoms with E-state index < -0.39 is 0 Å². The first-order valence-corrected chi connectivity index (χ1v) is 7.34. The summed E-state index contributed by atoms with van der Waals surface area (Å²) < 4.78 is 11.7. The van der Waals surface area contributed by atoms with Crippen molar-refractivity contribution in [1.29, 1.82) is 0 Å². The normalized spacial score (nSPS) is 12.8. The zero-order chi connectivity index (χ0) is 14.2. The van der Waals surface area contributed by atoms with Crippen LogP contribution >= 0.6 is 15.9 Å². The van der Waals surface area contributed by atoms with Crippen LogP contribution in [0.15, 0.2) is 41.0 Å². The summed E-state index contributed by atoms with van der Waals surface area (Å²) in [6, 6.07) is 10.1. The third kappa shape index (κ3) is 2.21. The Bertz CT molecular complexity index is 816. The average molecular weight is 346 g/mol. The van der Waals surface area contributed by atoms with Crippen molar-refractivity contribution in [3.8, 4) is 11.5 Å². The highest BCUT2D eigenvalue weighted by Crippen LogP contribution is 2.40. The summed E-state index contributed by atoms with van der Waals surface area (Å²) in [5.41, 5.74) is 3.19. The van der Waals surface area contributed by atoms with E-state index in [1.54, 1.807) is 0 Å². The van der Waals surface area contributed by atoms with Crippen LogP contribution in [0, 0.1) is 0 Å². The van der Waals surface area contributed by atoms with E-state index in [0.717, 1.165) is 38.1 Å². The van der Waals surface area contributed by atoms with Gasteiger partial charge in [0.2, 0.25) is 6.79 Å². The predicted molar refractivity (Wildman–Crippen MR) is 83.7 cm³/mol. The fourth-order valence-electron chi connectivity index (χ4n) is 2.44. The Morgan fingerprint density at radius 3 is 3.19 bits per heavy atom. The number of ether oxygens (including phenoxy) is 2. The number of benzene rings is 2. The first kappa shape index (κ1) is 12.5. The monoisotopic (exact) mass is 345 g/mol. The number of halogens is 1. The lowest BCUT2D eigenvalue weighted by Crippen LogP contribution is -1.99. The first-order valence-electron chi connectivity index (χ1n) is 6.55. The molecular weight excluding hydrogens is 334 g/mol. The Morgan fingerprint density at radius 2 is 2.24 bits per heavy atom. The van der Waals surface area contributed by atoms with Crippen molar-refractivity contribution in [1.82, 2.24) is 10.2 Å². The van der Waals surface area contributed by atoms with Gasteiger partial charge in [-0.3, -0.25) is 5.10 Å². The lowest BCUT2D eigenvalue weighted by atomic mass is 10.1. The van der Waals surface area contributed by atoms with E-state index in [0.29, 0.717) is 6.54 Å². The number of nitrogens with one attached hydrogen (secondary N) is 2. The molecule has 0 saturated carbocycles. The molecule has 0 saturated heterocycles. The molecule has 2 heterocycles. The highest BCUT2D eigenvalue weighted by atomic mass is 79.9. The zero-order valence-corrected chi connectivity index (χ0v) is 12.6. The van der Waals surface area contributed by atoms with E-state index in [1.165, 1.54) is 0 Å². The number of hydrogen-bond donors (Lipinski definition) is 2. The van der Waals surface area contributed by atoms with Crippen LogP contribution in [-0.2, 0) is 6.54 Å². The summed E-state index contributed by atoms with van der Waals surface area (Å²) in [5, 5.41) is 11.5. The van der Waals surface area contributed by atoms with Gasteiger partial charge in [0.1, 0.15) is 0 Å². The molecule has 0 amide bonds. The molecule has 21 heavy (non-hydrogen) atoms. The number of aromatic nitrogens is 2. The van der Waals surface area contributed by atoms with Crippen LogP contribution in [0.5, 0.6) is 11.5 Å². The maximum Gasteiger partial charge on any atom is 0.231 e. The predicted octanol–water partition coefficient (Wildman–Crippen LogP) is 3.67. The fourth-order valence-corrected chi connectivity index (χ4v) is 3.05. The minimum Gasteiger partial charge on any atom is -0.454 e. The molecule has 5 nitrogen and oxygen atoms in total. The Morgan fingerprint density at radius 1 is 1.29 bits per heavy atom. The molecular formula is C15H12BrN3O2. The van der Waals surface area contributed by atoms with Crippen molar-refractivity contribution < 1.29 is 9.47 Å². The van der Waals surface area contributed by atoms with Crippen LogP contribution in [0.25, 0.3) is 10.9 Å². The van der Waals surface area contributed by atoms with Crippen molar-refractivity contribution in [3.05, 3.63) is 46.6 Å². The second-order valence-electron chi connectivity index (χ2n) is 4.80. The molecule has 3 aromatic rings. The second-order valence-corrected chi connectivity index (χ2v) is 5.66. The molecule has 4 rings (SSSR count). The quantitative estimate of drug-likeness (QED) is 0.760. The van der Waals surface area contributed by atoms with Crippen LogP contribution in [0.1, 0.15) is 5.56 Å². The summed E-state index contributed by atoms with van der Waals surface area (Å²) in [4.78, 5) is 0. The van der Waals surface area contributed by atoms with Gasteiger partial charge in [-0.25, -0.2) is 0 Å². The van der Waals surface area contributed by atoms with Crippen molar-refractivity contribution >= 4 is 32.5 Å².